The highest BCUT2D eigenvalue weighted by Gasteiger charge is 2.19. The van der Waals surface area contributed by atoms with Gasteiger partial charge in [0.2, 0.25) is 0 Å². The van der Waals surface area contributed by atoms with E-state index in [1.54, 1.807) is 0 Å². The molecule has 0 aromatic rings. The van der Waals surface area contributed by atoms with Gasteiger partial charge < -0.3 is 14.2 Å². The Bertz CT molecular complexity index is 1090. The Labute approximate surface area is 390 Å². The van der Waals surface area contributed by atoms with Gasteiger partial charge in [0.1, 0.15) is 13.2 Å². The second-order valence-corrected chi connectivity index (χ2v) is 17.8. The molecule has 0 N–H and O–H groups in total. The van der Waals surface area contributed by atoms with Gasteiger partial charge in [0.25, 0.3) is 0 Å². The molecule has 0 aromatic carbocycles. The van der Waals surface area contributed by atoms with Crippen molar-refractivity contribution < 1.29 is 28.6 Å². The van der Waals surface area contributed by atoms with Crippen LogP contribution in [0.1, 0.15) is 265 Å². The topological polar surface area (TPSA) is 78.9 Å². The van der Waals surface area contributed by atoms with Crippen molar-refractivity contribution in [3.63, 3.8) is 0 Å². The summed E-state index contributed by atoms with van der Waals surface area (Å²) in [6.07, 6.45) is 63.4. The summed E-state index contributed by atoms with van der Waals surface area (Å²) >= 11 is 0. The van der Waals surface area contributed by atoms with Crippen LogP contribution in [0.15, 0.2) is 60.8 Å². The van der Waals surface area contributed by atoms with Crippen molar-refractivity contribution in [2.45, 2.75) is 271 Å². The number of hydrogen-bond donors (Lipinski definition) is 0. The fourth-order valence-corrected chi connectivity index (χ4v) is 7.38. The second-order valence-electron chi connectivity index (χ2n) is 17.8. The Balaban J connectivity index is 4.44. The van der Waals surface area contributed by atoms with Gasteiger partial charge in [-0.3, -0.25) is 14.4 Å². The van der Waals surface area contributed by atoms with Gasteiger partial charge in [-0.2, -0.15) is 0 Å². The molecule has 0 bridgehead atoms. The van der Waals surface area contributed by atoms with Crippen LogP contribution in [0.25, 0.3) is 0 Å². The molecule has 63 heavy (non-hydrogen) atoms. The van der Waals surface area contributed by atoms with Crippen LogP contribution < -0.4 is 0 Å². The lowest BCUT2D eigenvalue weighted by Crippen LogP contribution is -2.30. The zero-order valence-corrected chi connectivity index (χ0v) is 41.6. The van der Waals surface area contributed by atoms with Gasteiger partial charge in [0.15, 0.2) is 6.10 Å². The Morgan fingerprint density at radius 3 is 0.921 bits per heavy atom. The summed E-state index contributed by atoms with van der Waals surface area (Å²) in [4.78, 5) is 38.0. The number of rotatable bonds is 48. The van der Waals surface area contributed by atoms with Crippen molar-refractivity contribution in [3.8, 4) is 0 Å². The highest BCUT2D eigenvalue weighted by molar-refractivity contribution is 5.71. The normalized spacial score (nSPS) is 12.1. The van der Waals surface area contributed by atoms with Crippen LogP contribution in [0.5, 0.6) is 0 Å². The fourth-order valence-electron chi connectivity index (χ4n) is 7.38. The molecule has 6 nitrogen and oxygen atoms in total. The number of carbonyl (C=O) groups excluding carboxylic acids is 3. The van der Waals surface area contributed by atoms with Crippen molar-refractivity contribution in [2.24, 2.45) is 0 Å². The lowest BCUT2D eigenvalue weighted by Gasteiger charge is -2.18. The maximum absolute atomic E-state index is 12.8. The van der Waals surface area contributed by atoms with Gasteiger partial charge in [0, 0.05) is 19.3 Å². The zero-order chi connectivity index (χ0) is 45.8. The number of hydrogen-bond acceptors (Lipinski definition) is 6. The Hall–Kier alpha value is -2.89. The van der Waals surface area contributed by atoms with E-state index in [1.165, 1.54) is 116 Å². The predicted octanol–water partition coefficient (Wildman–Crippen LogP) is 17.6. The summed E-state index contributed by atoms with van der Waals surface area (Å²) in [6, 6.07) is 0. The molecule has 0 saturated heterocycles. The highest BCUT2D eigenvalue weighted by atomic mass is 16.6. The van der Waals surface area contributed by atoms with Crippen LogP contribution in [0, 0.1) is 0 Å². The summed E-state index contributed by atoms with van der Waals surface area (Å²) < 4.78 is 16.8. The molecular weight excluding hydrogens is 781 g/mol. The molecule has 6 heteroatoms. The molecule has 0 aliphatic rings. The smallest absolute Gasteiger partial charge is 0.306 e. The summed E-state index contributed by atoms with van der Waals surface area (Å²) in [5, 5.41) is 0. The van der Waals surface area contributed by atoms with Gasteiger partial charge in [-0.1, -0.05) is 197 Å². The number of allylic oxidation sites excluding steroid dienone is 10. The minimum absolute atomic E-state index is 0.0891. The van der Waals surface area contributed by atoms with Crippen molar-refractivity contribution in [3.05, 3.63) is 60.8 Å². The maximum atomic E-state index is 12.8. The molecule has 0 radical (unpaired) electrons. The third-order valence-electron chi connectivity index (χ3n) is 11.5. The van der Waals surface area contributed by atoms with Crippen molar-refractivity contribution in [1.29, 1.82) is 0 Å². The standard InChI is InChI=1S/C57H100O6/c1-4-7-10-13-16-19-22-25-28-31-34-37-40-43-46-49-55(58)61-52-54(63-57(60)51-48-45-42-39-36-33-30-27-24-21-18-15-12-9-6-3)53-62-56(59)50-47-44-41-38-35-32-29-26-23-20-17-14-11-8-5-2/h16-17,19-20,25-30,54H,4-15,18,21-24,31-53H2,1-3H3/b19-16-,20-17-,28-25-,29-26-,30-27-. The van der Waals surface area contributed by atoms with Crippen LogP contribution in [0.2, 0.25) is 0 Å². The lowest BCUT2D eigenvalue weighted by molar-refractivity contribution is -0.167. The lowest BCUT2D eigenvalue weighted by atomic mass is 10.1. The molecule has 0 heterocycles. The van der Waals surface area contributed by atoms with E-state index in [-0.39, 0.29) is 31.1 Å². The minimum Gasteiger partial charge on any atom is -0.462 e. The van der Waals surface area contributed by atoms with Crippen molar-refractivity contribution in [1.82, 2.24) is 0 Å². The van der Waals surface area contributed by atoms with E-state index in [2.05, 4.69) is 81.5 Å². The van der Waals surface area contributed by atoms with Crippen molar-refractivity contribution in [2.75, 3.05) is 13.2 Å². The van der Waals surface area contributed by atoms with E-state index < -0.39 is 6.10 Å². The maximum Gasteiger partial charge on any atom is 0.306 e. The van der Waals surface area contributed by atoms with E-state index in [4.69, 9.17) is 14.2 Å². The minimum atomic E-state index is -0.789. The number of carbonyl (C=O) groups is 3. The molecule has 0 saturated carbocycles. The second kappa shape index (κ2) is 51.7. The van der Waals surface area contributed by atoms with Gasteiger partial charge in [0.05, 0.1) is 0 Å². The Morgan fingerprint density at radius 1 is 0.317 bits per heavy atom. The SMILES string of the molecule is CCCCC/C=C\C/C=C\CCCCCCCC(=O)OCC(COC(=O)CCCCCCC/C=C\C/C=C\CCCCC)OC(=O)CCCCCCC/C=C\CCCCCCCC. The van der Waals surface area contributed by atoms with Gasteiger partial charge >= 0.3 is 17.9 Å². The first-order chi connectivity index (χ1) is 31.0. The summed E-state index contributed by atoms with van der Waals surface area (Å²) in [5.74, 6) is -0.918. The Morgan fingerprint density at radius 2 is 0.571 bits per heavy atom. The van der Waals surface area contributed by atoms with Crippen LogP contribution in [0.3, 0.4) is 0 Å². The van der Waals surface area contributed by atoms with Gasteiger partial charge in [-0.15, -0.1) is 0 Å². The van der Waals surface area contributed by atoms with Crippen LogP contribution in [0.4, 0.5) is 0 Å². The molecule has 0 unspecified atom stereocenters. The predicted molar refractivity (Wildman–Crippen MR) is 270 cm³/mol. The van der Waals surface area contributed by atoms with Gasteiger partial charge in [-0.25, -0.2) is 0 Å². The van der Waals surface area contributed by atoms with Crippen molar-refractivity contribution >= 4 is 17.9 Å². The molecule has 0 fully saturated rings. The number of ether oxygens (including phenoxy) is 3. The molecule has 0 spiro atoms. The third-order valence-corrected chi connectivity index (χ3v) is 11.5. The molecule has 0 aliphatic carbocycles. The molecule has 364 valence electrons. The monoisotopic (exact) mass is 881 g/mol. The quantitative estimate of drug-likeness (QED) is 0.0262. The first-order valence-electron chi connectivity index (χ1n) is 26.8. The molecule has 0 rings (SSSR count). The van der Waals surface area contributed by atoms with E-state index in [9.17, 15) is 14.4 Å². The third kappa shape index (κ3) is 50.0. The molecule has 0 amide bonds. The van der Waals surface area contributed by atoms with Crippen LogP contribution >= 0.6 is 0 Å². The first-order valence-corrected chi connectivity index (χ1v) is 26.8. The zero-order valence-electron chi connectivity index (χ0n) is 41.6. The summed E-state index contributed by atoms with van der Waals surface area (Å²) in [7, 11) is 0. The Kier molecular flexibility index (Phi) is 49.4. The molecular formula is C57H100O6. The summed E-state index contributed by atoms with van der Waals surface area (Å²) in [5.41, 5.74) is 0. The van der Waals surface area contributed by atoms with Crippen LogP contribution in [-0.2, 0) is 28.6 Å². The van der Waals surface area contributed by atoms with Gasteiger partial charge in [-0.05, 0) is 109 Å². The summed E-state index contributed by atoms with van der Waals surface area (Å²) in [6.45, 7) is 6.56. The highest BCUT2D eigenvalue weighted by Crippen LogP contribution is 2.14. The molecule has 0 atom stereocenters. The van der Waals surface area contributed by atoms with Crippen LogP contribution in [-0.4, -0.2) is 37.2 Å². The van der Waals surface area contributed by atoms with E-state index in [0.717, 1.165) is 109 Å². The van der Waals surface area contributed by atoms with E-state index in [1.807, 2.05) is 0 Å². The number of esters is 3. The molecule has 0 aliphatic heterocycles. The van der Waals surface area contributed by atoms with E-state index in [0.29, 0.717) is 19.3 Å². The molecule has 0 aromatic heterocycles. The average Bonchev–Trinajstić information content (AvgIpc) is 3.28. The largest absolute Gasteiger partial charge is 0.462 e. The van der Waals surface area contributed by atoms with E-state index >= 15 is 0 Å². The number of unbranched alkanes of at least 4 members (excludes halogenated alkanes) is 27. The first kappa shape index (κ1) is 60.1. The fraction of sp³-hybridized carbons (Fsp3) is 0.772. The average molecular weight is 881 g/mol.